The number of rotatable bonds is 4. The van der Waals surface area contributed by atoms with E-state index in [9.17, 15) is 9.59 Å². The molecule has 25 heavy (non-hydrogen) atoms. The molecule has 0 bridgehead atoms. The van der Waals surface area contributed by atoms with Crippen LogP contribution in [0.4, 0.5) is 0 Å². The molecule has 3 rings (SSSR count). The SMILES string of the molecule is Cc1ccc(C2(C)CCN(CC3(C(=O)NO)CCOCC3)C2=O)cc1. The number of likely N-dealkylation sites (tertiary alicyclic amines) is 1. The van der Waals surface area contributed by atoms with Crippen molar-refractivity contribution >= 4 is 11.8 Å². The smallest absolute Gasteiger partial charge is 0.251 e. The zero-order valence-electron chi connectivity index (χ0n) is 14.9. The lowest BCUT2D eigenvalue weighted by molar-refractivity contribution is -0.149. The predicted octanol–water partition coefficient (Wildman–Crippen LogP) is 1.79. The van der Waals surface area contributed by atoms with Crippen molar-refractivity contribution in [2.45, 2.75) is 38.5 Å². The molecule has 0 spiro atoms. The van der Waals surface area contributed by atoms with E-state index in [4.69, 9.17) is 9.94 Å². The first-order chi connectivity index (χ1) is 11.9. The molecule has 1 unspecified atom stereocenters. The maximum atomic E-state index is 13.1. The van der Waals surface area contributed by atoms with Gasteiger partial charge in [-0.1, -0.05) is 29.8 Å². The molecule has 2 N–H and O–H groups in total. The number of carbonyl (C=O) groups excluding carboxylic acids is 2. The second kappa shape index (κ2) is 6.77. The number of carbonyl (C=O) groups is 2. The third-order valence-electron chi connectivity index (χ3n) is 5.86. The number of nitrogens with one attached hydrogen (secondary N) is 1. The Morgan fingerprint density at radius 1 is 1.24 bits per heavy atom. The van der Waals surface area contributed by atoms with Crippen molar-refractivity contribution in [2.75, 3.05) is 26.3 Å². The minimum Gasteiger partial charge on any atom is -0.381 e. The fraction of sp³-hybridized carbons (Fsp3) is 0.579. The molecule has 136 valence electrons. The van der Waals surface area contributed by atoms with Crippen LogP contribution in [0.25, 0.3) is 0 Å². The number of hydrogen-bond acceptors (Lipinski definition) is 4. The number of aryl methyl sites for hydroxylation is 1. The van der Waals surface area contributed by atoms with Gasteiger partial charge in [-0.05, 0) is 38.7 Å². The summed E-state index contributed by atoms with van der Waals surface area (Å²) in [5.41, 5.74) is 2.63. The van der Waals surface area contributed by atoms with Crippen molar-refractivity contribution in [3.05, 3.63) is 35.4 Å². The molecule has 1 atom stereocenters. The zero-order valence-corrected chi connectivity index (χ0v) is 14.9. The quantitative estimate of drug-likeness (QED) is 0.643. The van der Waals surface area contributed by atoms with Crippen LogP contribution in [-0.2, 0) is 19.7 Å². The van der Waals surface area contributed by atoms with E-state index < -0.39 is 16.7 Å². The first-order valence-electron chi connectivity index (χ1n) is 8.80. The van der Waals surface area contributed by atoms with Crippen LogP contribution in [0.1, 0.15) is 37.3 Å². The lowest BCUT2D eigenvalue weighted by Gasteiger charge is -2.38. The first-order valence-corrected chi connectivity index (χ1v) is 8.80. The fourth-order valence-corrected chi connectivity index (χ4v) is 3.96. The first kappa shape index (κ1) is 17.9. The lowest BCUT2D eigenvalue weighted by Crippen LogP contribution is -2.52. The van der Waals surface area contributed by atoms with Crippen molar-refractivity contribution in [1.29, 1.82) is 0 Å². The van der Waals surface area contributed by atoms with Gasteiger partial charge < -0.3 is 9.64 Å². The number of hydroxylamine groups is 1. The highest BCUT2D eigenvalue weighted by Crippen LogP contribution is 2.39. The van der Waals surface area contributed by atoms with Crippen molar-refractivity contribution in [2.24, 2.45) is 5.41 Å². The molecule has 0 aliphatic carbocycles. The molecule has 1 aromatic rings. The van der Waals surface area contributed by atoms with Crippen LogP contribution >= 0.6 is 0 Å². The Bertz CT molecular complexity index is 652. The molecule has 2 heterocycles. The summed E-state index contributed by atoms with van der Waals surface area (Å²) in [6.07, 6.45) is 1.73. The van der Waals surface area contributed by atoms with Crippen molar-refractivity contribution in [3.8, 4) is 0 Å². The van der Waals surface area contributed by atoms with Gasteiger partial charge >= 0.3 is 0 Å². The van der Waals surface area contributed by atoms with E-state index in [1.54, 1.807) is 10.4 Å². The molecule has 2 saturated heterocycles. The number of hydrogen-bond donors (Lipinski definition) is 2. The second-order valence-electron chi connectivity index (χ2n) is 7.51. The van der Waals surface area contributed by atoms with Crippen LogP contribution in [0, 0.1) is 12.3 Å². The minimum atomic E-state index is -0.777. The zero-order chi connectivity index (χ0) is 18.1. The maximum Gasteiger partial charge on any atom is 0.251 e. The van der Waals surface area contributed by atoms with Gasteiger partial charge in [0.15, 0.2) is 0 Å². The second-order valence-corrected chi connectivity index (χ2v) is 7.51. The predicted molar refractivity (Wildman–Crippen MR) is 92.1 cm³/mol. The Morgan fingerprint density at radius 3 is 2.48 bits per heavy atom. The number of benzene rings is 1. The van der Waals surface area contributed by atoms with E-state index >= 15 is 0 Å². The van der Waals surface area contributed by atoms with Crippen molar-refractivity contribution in [3.63, 3.8) is 0 Å². The average Bonchev–Trinajstić information content (AvgIpc) is 2.91. The third kappa shape index (κ3) is 3.16. The molecule has 0 radical (unpaired) electrons. The van der Waals surface area contributed by atoms with Crippen molar-refractivity contribution < 1.29 is 19.5 Å². The molecular weight excluding hydrogens is 320 g/mol. The Kier molecular flexibility index (Phi) is 4.84. The summed E-state index contributed by atoms with van der Waals surface area (Å²) >= 11 is 0. The molecular formula is C19H26N2O4. The van der Waals surface area contributed by atoms with E-state index in [0.717, 1.165) is 17.5 Å². The van der Waals surface area contributed by atoms with Crippen LogP contribution in [-0.4, -0.2) is 48.2 Å². The van der Waals surface area contributed by atoms with Gasteiger partial charge in [-0.2, -0.15) is 0 Å². The molecule has 0 saturated carbocycles. The molecule has 1 aromatic carbocycles. The maximum absolute atomic E-state index is 13.1. The van der Waals surface area contributed by atoms with Gasteiger partial charge in [0.2, 0.25) is 5.91 Å². The summed E-state index contributed by atoms with van der Waals surface area (Å²) in [5, 5.41) is 9.15. The monoisotopic (exact) mass is 346 g/mol. The highest BCUT2D eigenvalue weighted by molar-refractivity contribution is 5.91. The molecule has 2 amide bonds. The Labute approximate surface area is 148 Å². The molecule has 2 fully saturated rings. The van der Waals surface area contributed by atoms with Crippen LogP contribution in [0.2, 0.25) is 0 Å². The van der Waals surface area contributed by atoms with E-state index in [0.29, 0.717) is 39.1 Å². The Hall–Kier alpha value is -1.92. The van der Waals surface area contributed by atoms with Crippen LogP contribution in [0.15, 0.2) is 24.3 Å². The summed E-state index contributed by atoms with van der Waals surface area (Å²) < 4.78 is 5.37. The lowest BCUT2D eigenvalue weighted by atomic mass is 9.78. The normalized spacial score (nSPS) is 25.9. The standard InChI is InChI=1S/C19H26N2O4/c1-14-3-5-15(6-4-14)18(2)7-10-21(17(18)23)13-19(16(22)20-24)8-11-25-12-9-19/h3-6,24H,7-13H2,1-2H3,(H,20,22). The van der Waals surface area contributed by atoms with E-state index in [-0.39, 0.29) is 5.91 Å². The summed E-state index contributed by atoms with van der Waals surface area (Å²) in [5.74, 6) is -0.375. The van der Waals surface area contributed by atoms with Gasteiger partial charge in [-0.25, -0.2) is 5.48 Å². The van der Waals surface area contributed by atoms with Crippen LogP contribution in [0.5, 0.6) is 0 Å². The van der Waals surface area contributed by atoms with Gasteiger partial charge in [0.1, 0.15) is 0 Å². The fourth-order valence-electron chi connectivity index (χ4n) is 3.96. The van der Waals surface area contributed by atoms with Crippen LogP contribution < -0.4 is 5.48 Å². The van der Waals surface area contributed by atoms with Gasteiger partial charge in [0.25, 0.3) is 5.91 Å². The molecule has 2 aliphatic heterocycles. The molecule has 0 aromatic heterocycles. The number of ether oxygens (including phenoxy) is 1. The number of nitrogens with zero attached hydrogens (tertiary/aromatic N) is 1. The van der Waals surface area contributed by atoms with Gasteiger partial charge in [0.05, 0.1) is 10.8 Å². The van der Waals surface area contributed by atoms with Gasteiger partial charge in [0, 0.05) is 26.3 Å². The summed E-state index contributed by atoms with van der Waals surface area (Å²) in [6.45, 7) is 5.86. The largest absolute Gasteiger partial charge is 0.381 e. The number of amides is 2. The van der Waals surface area contributed by atoms with E-state index in [1.807, 2.05) is 38.1 Å². The molecule has 2 aliphatic rings. The minimum absolute atomic E-state index is 0.0490. The average molecular weight is 346 g/mol. The molecule has 6 heteroatoms. The van der Waals surface area contributed by atoms with Crippen molar-refractivity contribution in [1.82, 2.24) is 10.4 Å². The highest BCUT2D eigenvalue weighted by Gasteiger charge is 2.49. The Balaban J connectivity index is 1.81. The van der Waals surface area contributed by atoms with E-state index in [2.05, 4.69) is 0 Å². The third-order valence-corrected chi connectivity index (χ3v) is 5.86. The van der Waals surface area contributed by atoms with E-state index in [1.165, 1.54) is 0 Å². The molecule has 6 nitrogen and oxygen atoms in total. The summed E-state index contributed by atoms with van der Waals surface area (Å²) in [4.78, 5) is 27.2. The highest BCUT2D eigenvalue weighted by atomic mass is 16.5. The Morgan fingerprint density at radius 2 is 1.88 bits per heavy atom. The van der Waals surface area contributed by atoms with Gasteiger partial charge in [-0.15, -0.1) is 0 Å². The van der Waals surface area contributed by atoms with Gasteiger partial charge in [-0.3, -0.25) is 14.8 Å². The van der Waals surface area contributed by atoms with Crippen LogP contribution in [0.3, 0.4) is 0 Å². The summed E-state index contributed by atoms with van der Waals surface area (Å²) in [7, 11) is 0. The summed E-state index contributed by atoms with van der Waals surface area (Å²) in [6, 6.07) is 8.08. The topological polar surface area (TPSA) is 78.9 Å².